The standard InChI is InChI=1S/C33H39Cl2N11O2/c1-19-6-7-21(13-25(19)34)38-29-20(15-36)16-37-30-24(29)12-22(14-26(30)35)39-31(27-17-44(5)42-40-27)28-18-46(43-41-28)23-8-10-45(11-9-23)32(47)48-33(2,3)4/h6-7,12-14,16-18,23,31,39-43H,8-11H2,1-5H3,(H,37,38)/t31-/m1/s1. The van der Waals surface area contributed by atoms with Gasteiger partial charge in [-0.1, -0.05) is 29.3 Å². The number of likely N-dealkylation sites (tertiary alicyclic amines) is 1. The Hall–Kier alpha value is -4.61. The van der Waals surface area contributed by atoms with Crippen LogP contribution < -0.4 is 32.6 Å². The van der Waals surface area contributed by atoms with E-state index in [-0.39, 0.29) is 18.2 Å². The average molecular weight is 693 g/mol. The number of rotatable bonds is 7. The Balaban J connectivity index is 1.27. The molecular formula is C33H39Cl2N11O2. The molecule has 1 aromatic heterocycles. The Morgan fingerprint density at radius 2 is 1.77 bits per heavy atom. The Morgan fingerprint density at radius 3 is 2.44 bits per heavy atom. The van der Waals surface area contributed by atoms with Gasteiger partial charge in [-0.3, -0.25) is 15.0 Å². The summed E-state index contributed by atoms with van der Waals surface area (Å²) in [5, 5.41) is 22.6. The predicted molar refractivity (Wildman–Crippen MR) is 187 cm³/mol. The molecule has 3 aliphatic heterocycles. The Bertz CT molecular complexity index is 1830. The van der Waals surface area contributed by atoms with Crippen LogP contribution in [0, 0.1) is 18.3 Å². The van der Waals surface area contributed by atoms with Crippen molar-refractivity contribution in [2.75, 3.05) is 30.8 Å². The summed E-state index contributed by atoms with van der Waals surface area (Å²) in [6.07, 6.45) is 6.78. The summed E-state index contributed by atoms with van der Waals surface area (Å²) in [5.41, 5.74) is 18.0. The lowest BCUT2D eigenvalue weighted by Crippen LogP contribution is -2.50. The third-order valence-corrected chi connectivity index (χ3v) is 8.94. The molecule has 48 heavy (non-hydrogen) atoms. The molecule has 0 unspecified atom stereocenters. The summed E-state index contributed by atoms with van der Waals surface area (Å²) in [6.45, 7) is 8.76. The molecule has 0 saturated carbocycles. The number of nitrogens with zero attached hydrogens (tertiary/aromatic N) is 5. The lowest BCUT2D eigenvalue weighted by atomic mass is 10.0. The molecule has 1 saturated heterocycles. The number of hydrogen-bond donors (Lipinski definition) is 6. The summed E-state index contributed by atoms with van der Waals surface area (Å²) >= 11 is 13.2. The zero-order valence-electron chi connectivity index (χ0n) is 27.4. The van der Waals surface area contributed by atoms with E-state index in [1.165, 1.54) is 6.20 Å². The summed E-state index contributed by atoms with van der Waals surface area (Å²) in [4.78, 5) is 18.9. The van der Waals surface area contributed by atoms with Gasteiger partial charge in [0.15, 0.2) is 0 Å². The molecule has 1 fully saturated rings. The number of hydrazine groups is 4. The number of anilines is 3. The molecule has 3 aromatic rings. The molecule has 1 amide bonds. The van der Waals surface area contributed by atoms with Crippen LogP contribution in [0.25, 0.3) is 10.9 Å². The van der Waals surface area contributed by atoms with Gasteiger partial charge in [-0.25, -0.2) is 4.79 Å². The summed E-state index contributed by atoms with van der Waals surface area (Å²) in [7, 11) is 1.90. The van der Waals surface area contributed by atoms with E-state index in [2.05, 4.69) is 43.6 Å². The Morgan fingerprint density at radius 1 is 1.06 bits per heavy atom. The fraction of sp³-hybridized carbons (Fsp3) is 0.364. The molecule has 0 aliphatic carbocycles. The maximum atomic E-state index is 12.6. The highest BCUT2D eigenvalue weighted by Gasteiger charge is 2.33. The summed E-state index contributed by atoms with van der Waals surface area (Å²) in [5.74, 6) is 0. The molecular weight excluding hydrogens is 653 g/mol. The second-order valence-electron chi connectivity index (χ2n) is 13.0. The monoisotopic (exact) mass is 691 g/mol. The first-order valence-electron chi connectivity index (χ1n) is 15.7. The minimum absolute atomic E-state index is 0.162. The minimum Gasteiger partial charge on any atom is -0.444 e. The number of amides is 1. The van der Waals surface area contributed by atoms with Gasteiger partial charge in [0.25, 0.3) is 0 Å². The number of piperidine rings is 1. The number of carbonyl (C=O) groups is 1. The van der Waals surface area contributed by atoms with Crippen LogP contribution in [0.3, 0.4) is 0 Å². The van der Waals surface area contributed by atoms with Crippen LogP contribution in [0.15, 0.2) is 60.3 Å². The quantitative estimate of drug-likeness (QED) is 0.183. The van der Waals surface area contributed by atoms with Gasteiger partial charge >= 0.3 is 6.09 Å². The van der Waals surface area contributed by atoms with Crippen molar-refractivity contribution in [3.05, 3.63) is 81.5 Å². The van der Waals surface area contributed by atoms with Crippen molar-refractivity contribution >= 4 is 57.3 Å². The molecule has 13 nitrogen and oxygen atoms in total. The van der Waals surface area contributed by atoms with Crippen molar-refractivity contribution in [3.8, 4) is 6.07 Å². The van der Waals surface area contributed by atoms with E-state index in [0.717, 1.165) is 35.5 Å². The summed E-state index contributed by atoms with van der Waals surface area (Å²) < 4.78 is 5.57. The molecule has 0 radical (unpaired) electrons. The van der Waals surface area contributed by atoms with E-state index in [9.17, 15) is 10.1 Å². The van der Waals surface area contributed by atoms with Crippen LogP contribution in [0.4, 0.5) is 21.9 Å². The number of nitriles is 1. The first-order chi connectivity index (χ1) is 22.9. The highest BCUT2D eigenvalue weighted by Crippen LogP contribution is 2.36. The fourth-order valence-corrected chi connectivity index (χ4v) is 6.23. The SMILES string of the molecule is Cc1ccc(Nc2c(C#N)cnc3c(Cl)cc(N[C@H](C4=CN(C)NN4)C4=CN(C5CCN(C(=O)OC(C)(C)C)CC5)NN4)cc23)cc1Cl. The third kappa shape index (κ3) is 7.27. The van der Waals surface area contributed by atoms with Crippen molar-refractivity contribution in [2.45, 2.75) is 58.2 Å². The molecule has 0 spiro atoms. The number of ether oxygens (including phenoxy) is 1. The molecule has 6 rings (SSSR count). The first-order valence-corrected chi connectivity index (χ1v) is 16.4. The van der Waals surface area contributed by atoms with Crippen LogP contribution >= 0.6 is 23.2 Å². The van der Waals surface area contributed by atoms with E-state index in [1.54, 1.807) is 4.90 Å². The van der Waals surface area contributed by atoms with Crippen molar-refractivity contribution in [2.24, 2.45) is 0 Å². The molecule has 6 N–H and O–H groups in total. The van der Waals surface area contributed by atoms with Crippen molar-refractivity contribution in [1.82, 2.24) is 41.8 Å². The van der Waals surface area contributed by atoms with Crippen molar-refractivity contribution in [3.63, 3.8) is 0 Å². The maximum absolute atomic E-state index is 12.6. The van der Waals surface area contributed by atoms with Crippen molar-refractivity contribution in [1.29, 1.82) is 5.26 Å². The van der Waals surface area contributed by atoms with Crippen LogP contribution in [0.2, 0.25) is 10.0 Å². The number of halogens is 2. The Kier molecular flexibility index (Phi) is 9.35. The van der Waals surface area contributed by atoms with Crippen molar-refractivity contribution < 1.29 is 9.53 Å². The lowest BCUT2D eigenvalue weighted by molar-refractivity contribution is 0.0144. The van der Waals surface area contributed by atoms with Gasteiger partial charge in [-0.15, -0.1) is 11.1 Å². The normalized spacial score (nSPS) is 17.3. The van der Waals surface area contributed by atoms with Gasteiger partial charge < -0.3 is 31.1 Å². The number of carbonyl (C=O) groups excluding carboxylic acids is 1. The number of benzene rings is 2. The van der Waals surface area contributed by atoms with Gasteiger partial charge in [-0.05, 0) is 70.4 Å². The second-order valence-corrected chi connectivity index (χ2v) is 13.9. The summed E-state index contributed by atoms with van der Waals surface area (Å²) in [6, 6.07) is 11.4. The van der Waals surface area contributed by atoms with E-state index < -0.39 is 5.60 Å². The number of hydrogen-bond acceptors (Lipinski definition) is 12. The predicted octanol–water partition coefficient (Wildman–Crippen LogP) is 5.61. The molecule has 15 heteroatoms. The number of pyridine rings is 1. The van der Waals surface area contributed by atoms with Gasteiger partial charge in [0, 0.05) is 66.6 Å². The zero-order chi connectivity index (χ0) is 34.2. The van der Waals surface area contributed by atoms with E-state index in [0.29, 0.717) is 51.0 Å². The van der Waals surface area contributed by atoms with Crippen LogP contribution in [-0.2, 0) is 4.74 Å². The second kappa shape index (κ2) is 13.5. The molecule has 1 atom stereocenters. The van der Waals surface area contributed by atoms with Crippen LogP contribution in [-0.4, -0.2) is 63.8 Å². The topological polar surface area (TPSA) is 145 Å². The van der Waals surface area contributed by atoms with Crippen LogP contribution in [0.5, 0.6) is 0 Å². The lowest BCUT2D eigenvalue weighted by Gasteiger charge is -2.36. The van der Waals surface area contributed by atoms with E-state index >= 15 is 0 Å². The molecule has 4 heterocycles. The number of nitrogens with one attached hydrogen (secondary N) is 6. The average Bonchev–Trinajstić information content (AvgIpc) is 3.71. The van der Waals surface area contributed by atoms with E-state index in [1.807, 2.05) is 87.5 Å². The van der Waals surface area contributed by atoms with Gasteiger partial charge in [0.05, 0.1) is 33.2 Å². The number of aromatic nitrogens is 1. The molecule has 3 aliphatic rings. The smallest absolute Gasteiger partial charge is 0.410 e. The van der Waals surface area contributed by atoms with Crippen LogP contribution in [0.1, 0.15) is 44.7 Å². The highest BCUT2D eigenvalue weighted by molar-refractivity contribution is 6.36. The fourth-order valence-electron chi connectivity index (χ4n) is 5.78. The van der Waals surface area contributed by atoms with E-state index in [4.69, 9.17) is 27.9 Å². The number of fused-ring (bicyclic) bond motifs is 1. The highest BCUT2D eigenvalue weighted by atomic mass is 35.5. The zero-order valence-corrected chi connectivity index (χ0v) is 28.9. The minimum atomic E-state index is -0.531. The van der Waals surface area contributed by atoms with Gasteiger partial charge in [0.2, 0.25) is 0 Å². The molecule has 252 valence electrons. The van der Waals surface area contributed by atoms with Gasteiger partial charge in [0.1, 0.15) is 17.7 Å². The molecule has 0 bridgehead atoms. The third-order valence-electron chi connectivity index (χ3n) is 8.25. The number of aryl methyl sites for hydroxylation is 1. The maximum Gasteiger partial charge on any atom is 0.410 e. The van der Waals surface area contributed by atoms with Gasteiger partial charge in [-0.2, -0.15) is 5.26 Å². The first kappa shape index (κ1) is 33.3. The largest absolute Gasteiger partial charge is 0.444 e. The molecule has 2 aromatic carbocycles. The Labute approximate surface area is 289 Å².